The maximum Gasteiger partial charge on any atom is 0.253 e. The molecule has 1 aromatic rings. The smallest absolute Gasteiger partial charge is 0.253 e. The van der Waals surface area contributed by atoms with Gasteiger partial charge in [0.1, 0.15) is 6.10 Å². The third-order valence-corrected chi connectivity index (χ3v) is 2.53. The van der Waals surface area contributed by atoms with E-state index in [4.69, 9.17) is 15.2 Å². The van der Waals surface area contributed by atoms with Gasteiger partial charge in [0.2, 0.25) is 0 Å². The first-order valence-corrected chi connectivity index (χ1v) is 6.50. The summed E-state index contributed by atoms with van der Waals surface area (Å²) in [7, 11) is 0. The van der Waals surface area contributed by atoms with E-state index in [1.165, 1.54) is 0 Å². The Kier molecular flexibility index (Phi) is 6.92. The number of ether oxygens (including phenoxy) is 2. The molecule has 0 bridgehead atoms. The van der Waals surface area contributed by atoms with Gasteiger partial charge in [-0.2, -0.15) is 0 Å². The summed E-state index contributed by atoms with van der Waals surface area (Å²) in [5.41, 5.74) is 6.89. The Bertz CT molecular complexity index is 396. The highest BCUT2D eigenvalue weighted by molar-refractivity contribution is 5.96. The lowest BCUT2D eigenvalue weighted by Crippen LogP contribution is -2.29. The van der Waals surface area contributed by atoms with Crippen molar-refractivity contribution in [3.05, 3.63) is 24.3 Å². The molecule has 0 aliphatic carbocycles. The fourth-order valence-electron chi connectivity index (χ4n) is 1.45. The van der Waals surface area contributed by atoms with Crippen molar-refractivity contribution in [1.29, 1.82) is 0 Å². The maximum atomic E-state index is 11.9. The average Bonchev–Trinajstić information content (AvgIpc) is 2.41. The Morgan fingerprint density at radius 1 is 1.32 bits per heavy atom. The number of anilines is 2. The summed E-state index contributed by atoms with van der Waals surface area (Å²) < 4.78 is 10.7. The number of rotatable bonds is 8. The molecule has 106 valence electrons. The van der Waals surface area contributed by atoms with Crippen molar-refractivity contribution in [2.75, 3.05) is 30.9 Å². The highest BCUT2D eigenvalue weighted by Crippen LogP contribution is 2.16. The van der Waals surface area contributed by atoms with E-state index in [-0.39, 0.29) is 5.91 Å². The molecule has 0 heterocycles. The van der Waals surface area contributed by atoms with Crippen LogP contribution in [0, 0.1) is 0 Å². The molecular formula is C14H22N2O3. The van der Waals surface area contributed by atoms with Crippen LogP contribution in [0.25, 0.3) is 0 Å². The number of nitrogens with one attached hydrogen (secondary N) is 1. The van der Waals surface area contributed by atoms with Gasteiger partial charge in [-0.1, -0.05) is 19.1 Å². The summed E-state index contributed by atoms with van der Waals surface area (Å²) in [4.78, 5) is 11.9. The lowest BCUT2D eigenvalue weighted by Gasteiger charge is -2.14. The Balaban J connectivity index is 2.31. The molecule has 1 amide bonds. The van der Waals surface area contributed by atoms with Gasteiger partial charge in [0, 0.05) is 6.61 Å². The molecule has 1 unspecified atom stereocenters. The van der Waals surface area contributed by atoms with E-state index in [2.05, 4.69) is 5.32 Å². The lowest BCUT2D eigenvalue weighted by molar-refractivity contribution is -0.127. The van der Waals surface area contributed by atoms with Crippen LogP contribution in [0.2, 0.25) is 0 Å². The van der Waals surface area contributed by atoms with Crippen molar-refractivity contribution in [1.82, 2.24) is 0 Å². The Morgan fingerprint density at radius 3 is 2.74 bits per heavy atom. The second kappa shape index (κ2) is 8.50. The molecule has 0 radical (unpaired) electrons. The van der Waals surface area contributed by atoms with Gasteiger partial charge in [0.05, 0.1) is 24.6 Å². The molecule has 1 aromatic carbocycles. The average molecular weight is 266 g/mol. The van der Waals surface area contributed by atoms with E-state index in [1.807, 2.05) is 19.1 Å². The Hall–Kier alpha value is -1.59. The van der Waals surface area contributed by atoms with Crippen LogP contribution < -0.4 is 11.1 Å². The SMILES string of the molecule is CCCOCCOC(C)C(=O)Nc1ccccc1N. The van der Waals surface area contributed by atoms with Gasteiger partial charge in [-0.15, -0.1) is 0 Å². The molecule has 0 spiro atoms. The number of nitrogens with two attached hydrogens (primary N) is 1. The first-order chi connectivity index (χ1) is 9.15. The van der Waals surface area contributed by atoms with Crippen molar-refractivity contribution in [2.24, 2.45) is 0 Å². The second-order valence-corrected chi connectivity index (χ2v) is 4.20. The number of amides is 1. The molecule has 0 saturated carbocycles. The van der Waals surface area contributed by atoms with E-state index in [0.29, 0.717) is 31.2 Å². The third kappa shape index (κ3) is 5.72. The monoisotopic (exact) mass is 266 g/mol. The minimum Gasteiger partial charge on any atom is -0.397 e. The zero-order valence-corrected chi connectivity index (χ0v) is 11.5. The van der Waals surface area contributed by atoms with E-state index >= 15 is 0 Å². The van der Waals surface area contributed by atoms with Gasteiger partial charge in [-0.3, -0.25) is 4.79 Å². The minimum absolute atomic E-state index is 0.214. The van der Waals surface area contributed by atoms with E-state index in [1.54, 1.807) is 19.1 Å². The number of hydrogen-bond donors (Lipinski definition) is 2. The molecule has 0 aliphatic rings. The van der Waals surface area contributed by atoms with Gasteiger partial charge in [0.15, 0.2) is 0 Å². The first kappa shape index (κ1) is 15.5. The molecule has 5 heteroatoms. The minimum atomic E-state index is -0.537. The molecule has 0 saturated heterocycles. The van der Waals surface area contributed by atoms with Gasteiger partial charge in [-0.05, 0) is 25.5 Å². The van der Waals surface area contributed by atoms with Crippen LogP contribution in [0.15, 0.2) is 24.3 Å². The quantitative estimate of drug-likeness (QED) is 0.558. The molecule has 1 atom stereocenters. The van der Waals surface area contributed by atoms with Crippen LogP contribution in [0.5, 0.6) is 0 Å². The first-order valence-electron chi connectivity index (χ1n) is 6.50. The van der Waals surface area contributed by atoms with Crippen molar-refractivity contribution in [3.8, 4) is 0 Å². The summed E-state index contributed by atoms with van der Waals surface area (Å²) in [6, 6.07) is 7.12. The molecule has 0 aliphatic heterocycles. The fourth-order valence-corrected chi connectivity index (χ4v) is 1.45. The highest BCUT2D eigenvalue weighted by atomic mass is 16.5. The van der Waals surface area contributed by atoms with E-state index in [9.17, 15) is 4.79 Å². The number of benzene rings is 1. The third-order valence-electron chi connectivity index (χ3n) is 2.53. The van der Waals surface area contributed by atoms with Gasteiger partial charge >= 0.3 is 0 Å². The number of nitrogen functional groups attached to an aromatic ring is 1. The maximum absolute atomic E-state index is 11.9. The second-order valence-electron chi connectivity index (χ2n) is 4.20. The molecule has 3 N–H and O–H groups in total. The van der Waals surface area contributed by atoms with Crippen LogP contribution >= 0.6 is 0 Å². The molecule has 0 fully saturated rings. The number of para-hydroxylation sites is 2. The summed E-state index contributed by atoms with van der Waals surface area (Å²) in [5.74, 6) is -0.214. The normalized spacial score (nSPS) is 12.1. The van der Waals surface area contributed by atoms with Crippen LogP contribution in [0.1, 0.15) is 20.3 Å². The van der Waals surface area contributed by atoms with Crippen molar-refractivity contribution in [3.63, 3.8) is 0 Å². The molecule has 1 rings (SSSR count). The topological polar surface area (TPSA) is 73.6 Å². The number of carbonyl (C=O) groups excluding carboxylic acids is 1. The number of hydrogen-bond acceptors (Lipinski definition) is 4. The van der Waals surface area contributed by atoms with Crippen LogP contribution in [-0.2, 0) is 14.3 Å². The van der Waals surface area contributed by atoms with Crippen molar-refractivity contribution >= 4 is 17.3 Å². The van der Waals surface area contributed by atoms with Crippen LogP contribution in [0.4, 0.5) is 11.4 Å². The van der Waals surface area contributed by atoms with E-state index in [0.717, 1.165) is 6.42 Å². The lowest BCUT2D eigenvalue weighted by atomic mass is 10.2. The molecule has 0 aromatic heterocycles. The van der Waals surface area contributed by atoms with Gasteiger partial charge in [0.25, 0.3) is 5.91 Å². The van der Waals surface area contributed by atoms with Crippen molar-refractivity contribution in [2.45, 2.75) is 26.4 Å². The Labute approximate surface area is 114 Å². The molecular weight excluding hydrogens is 244 g/mol. The van der Waals surface area contributed by atoms with E-state index < -0.39 is 6.10 Å². The zero-order chi connectivity index (χ0) is 14.1. The van der Waals surface area contributed by atoms with Crippen molar-refractivity contribution < 1.29 is 14.3 Å². The van der Waals surface area contributed by atoms with Gasteiger partial charge in [-0.25, -0.2) is 0 Å². The van der Waals surface area contributed by atoms with Crippen LogP contribution in [0.3, 0.4) is 0 Å². The summed E-state index contributed by atoms with van der Waals surface area (Å²) in [5, 5.41) is 2.73. The summed E-state index contributed by atoms with van der Waals surface area (Å²) in [6.45, 7) is 5.36. The number of carbonyl (C=O) groups is 1. The summed E-state index contributed by atoms with van der Waals surface area (Å²) in [6.07, 6.45) is 0.438. The largest absolute Gasteiger partial charge is 0.397 e. The standard InChI is InChI=1S/C14H22N2O3/c1-3-8-18-9-10-19-11(2)14(17)16-13-7-5-4-6-12(13)15/h4-7,11H,3,8-10,15H2,1-2H3,(H,16,17). The fraction of sp³-hybridized carbons (Fsp3) is 0.500. The highest BCUT2D eigenvalue weighted by Gasteiger charge is 2.14. The predicted molar refractivity (Wildman–Crippen MR) is 76.0 cm³/mol. The van der Waals surface area contributed by atoms with Crippen LogP contribution in [-0.4, -0.2) is 31.8 Å². The zero-order valence-electron chi connectivity index (χ0n) is 11.5. The molecule has 19 heavy (non-hydrogen) atoms. The van der Waals surface area contributed by atoms with Gasteiger partial charge < -0.3 is 20.5 Å². The molecule has 5 nitrogen and oxygen atoms in total. The Morgan fingerprint density at radius 2 is 2.05 bits per heavy atom. The predicted octanol–water partition coefficient (Wildman–Crippen LogP) is 2.04. The summed E-state index contributed by atoms with van der Waals surface area (Å²) >= 11 is 0.